The lowest BCUT2D eigenvalue weighted by atomic mass is 9.90. The number of benzene rings is 2. The summed E-state index contributed by atoms with van der Waals surface area (Å²) in [5.41, 5.74) is 1.55. The molecule has 0 aromatic heterocycles. The summed E-state index contributed by atoms with van der Waals surface area (Å²) in [6, 6.07) is 13.9. The van der Waals surface area contributed by atoms with Crippen LogP contribution in [-0.2, 0) is 14.8 Å². The molecule has 0 radical (unpaired) electrons. The van der Waals surface area contributed by atoms with E-state index < -0.39 is 21.8 Å². The summed E-state index contributed by atoms with van der Waals surface area (Å²) in [6.45, 7) is 0.691. The summed E-state index contributed by atoms with van der Waals surface area (Å²) in [6.07, 6.45) is 1.49. The summed E-state index contributed by atoms with van der Waals surface area (Å²) >= 11 is 0. The third kappa shape index (κ3) is 4.76. The monoisotopic (exact) mass is 406 g/mol. The van der Waals surface area contributed by atoms with Crippen LogP contribution in [0.5, 0.6) is 0 Å². The molecule has 6 nitrogen and oxygen atoms in total. The molecular formula is C20H23FN2O4S. The molecule has 1 N–H and O–H groups in total. The lowest BCUT2D eigenvalue weighted by Crippen LogP contribution is -2.42. The zero-order valence-electron chi connectivity index (χ0n) is 15.3. The number of halogens is 1. The molecule has 1 aliphatic heterocycles. The summed E-state index contributed by atoms with van der Waals surface area (Å²) < 4.78 is 40.3. The Morgan fingerprint density at radius 1 is 1.11 bits per heavy atom. The fourth-order valence-electron chi connectivity index (χ4n) is 3.58. The predicted molar refractivity (Wildman–Crippen MR) is 103 cm³/mol. The Bertz CT molecular complexity index is 882. The minimum atomic E-state index is -3.69. The Balaban J connectivity index is 1.69. The van der Waals surface area contributed by atoms with Gasteiger partial charge in [0.25, 0.3) is 0 Å². The van der Waals surface area contributed by atoms with Crippen LogP contribution in [0.3, 0.4) is 0 Å². The zero-order chi connectivity index (χ0) is 20.1. The number of amides is 1. The molecule has 1 aliphatic rings. The van der Waals surface area contributed by atoms with Crippen LogP contribution >= 0.6 is 0 Å². The third-order valence-electron chi connectivity index (χ3n) is 5.17. The molecule has 0 aliphatic carbocycles. The number of hydroxylamine groups is 2. The highest BCUT2D eigenvalue weighted by molar-refractivity contribution is 7.89. The average molecular weight is 406 g/mol. The van der Waals surface area contributed by atoms with Crippen molar-refractivity contribution < 1.29 is 22.8 Å². The van der Waals surface area contributed by atoms with E-state index in [0.717, 1.165) is 5.56 Å². The number of rotatable bonds is 7. The van der Waals surface area contributed by atoms with Gasteiger partial charge in [-0.2, -0.15) is 0 Å². The van der Waals surface area contributed by atoms with E-state index in [2.05, 4.69) is 0 Å². The van der Waals surface area contributed by atoms with Crippen molar-refractivity contribution in [2.45, 2.75) is 24.8 Å². The van der Waals surface area contributed by atoms with Crippen molar-refractivity contribution in [3.05, 3.63) is 71.5 Å². The van der Waals surface area contributed by atoms with Gasteiger partial charge in [0.15, 0.2) is 0 Å². The molecule has 1 saturated heterocycles. The molecule has 0 spiro atoms. The molecule has 150 valence electrons. The number of nitrogens with zero attached hydrogens (tertiary/aromatic N) is 2. The highest BCUT2D eigenvalue weighted by Crippen LogP contribution is 2.30. The second kappa shape index (κ2) is 8.81. The third-order valence-corrected chi connectivity index (χ3v) is 7.06. The van der Waals surface area contributed by atoms with Crippen LogP contribution in [0.1, 0.15) is 35.9 Å². The molecule has 28 heavy (non-hydrogen) atoms. The second-order valence-electron chi connectivity index (χ2n) is 6.92. The molecule has 1 heterocycles. The molecule has 1 fully saturated rings. The van der Waals surface area contributed by atoms with Crippen molar-refractivity contribution in [1.82, 2.24) is 9.37 Å². The van der Waals surface area contributed by atoms with Gasteiger partial charge in [0.1, 0.15) is 5.82 Å². The van der Waals surface area contributed by atoms with Crippen LogP contribution < -0.4 is 0 Å². The quantitative estimate of drug-likeness (QED) is 0.436. The van der Waals surface area contributed by atoms with E-state index in [1.807, 2.05) is 0 Å². The highest BCUT2D eigenvalue weighted by Gasteiger charge is 2.33. The predicted octanol–water partition coefficient (Wildman–Crippen LogP) is 2.92. The van der Waals surface area contributed by atoms with Crippen molar-refractivity contribution >= 4 is 16.4 Å². The largest absolute Gasteiger partial charge is 0.285 e. The second-order valence-corrected chi connectivity index (χ2v) is 8.93. The standard InChI is InChI=1S/C20H23FN2O4S/c21-19-8-6-16(7-9-19)17-10-12-22(13-11-17)28(26,27)14-20(23(25)15-24)18-4-2-1-3-5-18/h1-9,15,17,20,25H,10-14H2. The fraction of sp³-hybridized carbons (Fsp3) is 0.350. The van der Waals surface area contributed by atoms with Gasteiger partial charge in [-0.1, -0.05) is 42.5 Å². The van der Waals surface area contributed by atoms with Crippen molar-refractivity contribution in [2.75, 3.05) is 18.8 Å². The van der Waals surface area contributed by atoms with E-state index in [0.29, 0.717) is 36.6 Å². The topological polar surface area (TPSA) is 77.9 Å². The number of carbonyl (C=O) groups excluding carboxylic acids is 1. The number of sulfonamides is 1. The van der Waals surface area contributed by atoms with E-state index >= 15 is 0 Å². The van der Waals surface area contributed by atoms with E-state index in [-0.39, 0.29) is 18.1 Å². The zero-order valence-corrected chi connectivity index (χ0v) is 16.1. The minimum Gasteiger partial charge on any atom is -0.285 e. The van der Waals surface area contributed by atoms with Crippen LogP contribution in [0.4, 0.5) is 4.39 Å². The van der Waals surface area contributed by atoms with Gasteiger partial charge in [0.2, 0.25) is 16.4 Å². The van der Waals surface area contributed by atoms with Crippen LogP contribution in [0.15, 0.2) is 54.6 Å². The molecule has 3 rings (SSSR count). The lowest BCUT2D eigenvalue weighted by molar-refractivity contribution is -0.159. The summed E-state index contributed by atoms with van der Waals surface area (Å²) in [5.74, 6) is -0.506. The molecule has 1 unspecified atom stereocenters. The van der Waals surface area contributed by atoms with E-state index in [4.69, 9.17) is 0 Å². The first-order valence-corrected chi connectivity index (χ1v) is 10.7. The molecular weight excluding hydrogens is 383 g/mol. The number of hydrogen-bond donors (Lipinski definition) is 1. The molecule has 8 heteroatoms. The van der Waals surface area contributed by atoms with Crippen LogP contribution in [-0.4, -0.2) is 48.2 Å². The lowest BCUT2D eigenvalue weighted by Gasteiger charge is -2.33. The van der Waals surface area contributed by atoms with Gasteiger partial charge >= 0.3 is 0 Å². The molecule has 0 bridgehead atoms. The normalized spacial score (nSPS) is 17.2. The molecule has 0 saturated carbocycles. The van der Waals surface area contributed by atoms with Crippen molar-refractivity contribution in [3.63, 3.8) is 0 Å². The Morgan fingerprint density at radius 2 is 1.71 bits per heavy atom. The van der Waals surface area contributed by atoms with Crippen LogP contribution in [0.2, 0.25) is 0 Å². The smallest absolute Gasteiger partial charge is 0.233 e. The van der Waals surface area contributed by atoms with Crippen molar-refractivity contribution in [1.29, 1.82) is 0 Å². The first-order chi connectivity index (χ1) is 13.4. The van der Waals surface area contributed by atoms with Gasteiger partial charge in [-0.25, -0.2) is 22.2 Å². The first kappa shape index (κ1) is 20.4. The number of hydrogen-bond acceptors (Lipinski definition) is 4. The van der Waals surface area contributed by atoms with Crippen LogP contribution in [0, 0.1) is 5.82 Å². The number of carbonyl (C=O) groups is 1. The fourth-order valence-corrected chi connectivity index (χ4v) is 5.30. The Hall–Kier alpha value is -2.29. The minimum absolute atomic E-state index is 0.182. The Kier molecular flexibility index (Phi) is 6.43. The molecule has 1 amide bonds. The Morgan fingerprint density at radius 3 is 2.29 bits per heavy atom. The van der Waals surface area contributed by atoms with Gasteiger partial charge in [-0.3, -0.25) is 10.0 Å². The molecule has 1 atom stereocenters. The maximum atomic E-state index is 13.1. The maximum Gasteiger partial charge on any atom is 0.233 e. The Labute approximate surface area is 164 Å². The van der Waals surface area contributed by atoms with Crippen molar-refractivity contribution in [2.24, 2.45) is 0 Å². The van der Waals surface area contributed by atoms with Gasteiger partial charge in [-0.15, -0.1) is 0 Å². The maximum absolute atomic E-state index is 13.1. The number of piperidine rings is 1. The first-order valence-electron chi connectivity index (χ1n) is 9.11. The van der Waals surface area contributed by atoms with Gasteiger partial charge < -0.3 is 0 Å². The summed E-state index contributed by atoms with van der Waals surface area (Å²) in [4.78, 5) is 11.0. The SMILES string of the molecule is O=CN(O)C(CS(=O)(=O)N1CCC(c2ccc(F)cc2)CC1)c1ccccc1. The van der Waals surface area contributed by atoms with Crippen molar-refractivity contribution in [3.8, 4) is 0 Å². The molecule has 2 aromatic rings. The molecule has 2 aromatic carbocycles. The van der Waals surface area contributed by atoms with E-state index in [1.165, 1.54) is 16.4 Å². The van der Waals surface area contributed by atoms with Crippen LogP contribution in [0.25, 0.3) is 0 Å². The average Bonchev–Trinajstić information content (AvgIpc) is 2.73. The van der Waals surface area contributed by atoms with E-state index in [9.17, 15) is 22.8 Å². The van der Waals surface area contributed by atoms with E-state index in [1.54, 1.807) is 42.5 Å². The summed E-state index contributed by atoms with van der Waals surface area (Å²) in [7, 11) is -3.69. The van der Waals surface area contributed by atoms with Gasteiger partial charge in [-0.05, 0) is 42.0 Å². The highest BCUT2D eigenvalue weighted by atomic mass is 32.2. The summed E-state index contributed by atoms with van der Waals surface area (Å²) in [5, 5.41) is 10.3. The van der Waals surface area contributed by atoms with Gasteiger partial charge in [0.05, 0.1) is 11.8 Å². The van der Waals surface area contributed by atoms with Gasteiger partial charge in [0, 0.05) is 13.1 Å².